The molecular formula is C14H22O4. The van der Waals surface area contributed by atoms with Crippen molar-refractivity contribution in [2.45, 2.75) is 51.4 Å². The molecule has 2 N–H and O–H groups in total. The van der Waals surface area contributed by atoms with Crippen LogP contribution in [0, 0.1) is 23.7 Å². The van der Waals surface area contributed by atoms with Crippen molar-refractivity contribution in [3.63, 3.8) is 0 Å². The lowest BCUT2D eigenvalue weighted by molar-refractivity contribution is -0.152. The summed E-state index contributed by atoms with van der Waals surface area (Å²) in [6.45, 7) is 0. The zero-order valence-corrected chi connectivity index (χ0v) is 10.7. The van der Waals surface area contributed by atoms with Crippen molar-refractivity contribution in [3.05, 3.63) is 0 Å². The van der Waals surface area contributed by atoms with Gasteiger partial charge in [-0.1, -0.05) is 25.7 Å². The van der Waals surface area contributed by atoms with Gasteiger partial charge in [0.05, 0.1) is 11.8 Å². The van der Waals surface area contributed by atoms with Gasteiger partial charge in [-0.05, 0) is 37.5 Å². The lowest BCUT2D eigenvalue weighted by Crippen LogP contribution is -2.39. The average molecular weight is 254 g/mol. The van der Waals surface area contributed by atoms with Gasteiger partial charge in [0, 0.05) is 0 Å². The molecule has 2 unspecified atom stereocenters. The normalized spacial score (nSPS) is 37.1. The van der Waals surface area contributed by atoms with E-state index in [1.807, 2.05) is 0 Å². The highest BCUT2D eigenvalue weighted by atomic mass is 16.4. The molecule has 0 radical (unpaired) electrons. The van der Waals surface area contributed by atoms with E-state index in [0.29, 0.717) is 0 Å². The van der Waals surface area contributed by atoms with Gasteiger partial charge >= 0.3 is 11.9 Å². The van der Waals surface area contributed by atoms with Crippen LogP contribution in [0.3, 0.4) is 0 Å². The summed E-state index contributed by atoms with van der Waals surface area (Å²) in [5, 5.41) is 18.6. The van der Waals surface area contributed by atoms with Gasteiger partial charge in [0.1, 0.15) is 0 Å². The number of carboxylic acid groups (broad SMARTS) is 2. The molecule has 4 nitrogen and oxygen atoms in total. The van der Waals surface area contributed by atoms with Crippen molar-refractivity contribution in [3.8, 4) is 0 Å². The van der Waals surface area contributed by atoms with Crippen molar-refractivity contribution in [1.29, 1.82) is 0 Å². The second kappa shape index (κ2) is 5.72. The minimum atomic E-state index is -0.727. The second-order valence-electron chi connectivity index (χ2n) is 5.79. The van der Waals surface area contributed by atoms with Gasteiger partial charge in [-0.3, -0.25) is 9.59 Å². The van der Waals surface area contributed by atoms with Crippen LogP contribution < -0.4 is 0 Å². The van der Waals surface area contributed by atoms with E-state index in [2.05, 4.69) is 0 Å². The summed E-state index contributed by atoms with van der Waals surface area (Å²) in [7, 11) is 0. The summed E-state index contributed by atoms with van der Waals surface area (Å²) in [6.07, 6.45) is 7.28. The van der Waals surface area contributed by atoms with Crippen molar-refractivity contribution in [2.24, 2.45) is 23.7 Å². The number of rotatable bonds is 3. The fourth-order valence-electron chi connectivity index (χ4n) is 3.96. The van der Waals surface area contributed by atoms with Crippen LogP contribution in [-0.4, -0.2) is 22.2 Å². The predicted molar refractivity (Wildman–Crippen MR) is 66.2 cm³/mol. The van der Waals surface area contributed by atoms with E-state index in [1.54, 1.807) is 0 Å². The molecule has 0 heterocycles. The maximum Gasteiger partial charge on any atom is 0.306 e. The molecule has 0 aromatic rings. The Labute approximate surface area is 107 Å². The third kappa shape index (κ3) is 2.68. The molecule has 4 atom stereocenters. The molecule has 2 saturated carbocycles. The van der Waals surface area contributed by atoms with Crippen molar-refractivity contribution < 1.29 is 19.8 Å². The molecule has 0 spiro atoms. The first-order valence-corrected chi connectivity index (χ1v) is 7.07. The summed E-state index contributed by atoms with van der Waals surface area (Å²) < 4.78 is 0. The van der Waals surface area contributed by atoms with E-state index in [9.17, 15) is 19.8 Å². The molecule has 0 amide bonds. The highest BCUT2D eigenvalue weighted by Gasteiger charge is 2.42. The Morgan fingerprint density at radius 2 is 1.00 bits per heavy atom. The van der Waals surface area contributed by atoms with Crippen molar-refractivity contribution in [1.82, 2.24) is 0 Å². The summed E-state index contributed by atoms with van der Waals surface area (Å²) >= 11 is 0. The largest absolute Gasteiger partial charge is 0.481 e. The summed E-state index contributed by atoms with van der Waals surface area (Å²) in [4.78, 5) is 22.7. The number of carboxylic acids is 2. The Morgan fingerprint density at radius 1 is 0.667 bits per heavy atom. The second-order valence-corrected chi connectivity index (χ2v) is 5.79. The number of hydrogen-bond donors (Lipinski definition) is 2. The third-order valence-electron chi connectivity index (χ3n) is 4.82. The predicted octanol–water partition coefficient (Wildman–Crippen LogP) is 2.77. The highest BCUT2D eigenvalue weighted by molar-refractivity contribution is 5.72. The molecule has 2 fully saturated rings. The average Bonchev–Trinajstić information content (AvgIpc) is 2.38. The quantitative estimate of drug-likeness (QED) is 0.812. The monoisotopic (exact) mass is 254 g/mol. The zero-order valence-electron chi connectivity index (χ0n) is 10.7. The van der Waals surface area contributed by atoms with Crippen LogP contribution in [0.4, 0.5) is 0 Å². The fraction of sp³-hybridized carbons (Fsp3) is 0.857. The summed E-state index contributed by atoms with van der Waals surface area (Å²) in [6, 6.07) is 0. The van der Waals surface area contributed by atoms with Gasteiger partial charge < -0.3 is 10.2 Å². The maximum atomic E-state index is 11.3. The van der Waals surface area contributed by atoms with Crippen LogP contribution in [-0.2, 0) is 9.59 Å². The first-order chi connectivity index (χ1) is 8.61. The van der Waals surface area contributed by atoms with Crippen LogP contribution >= 0.6 is 0 Å². The molecule has 102 valence electrons. The van der Waals surface area contributed by atoms with Gasteiger partial charge in [-0.2, -0.15) is 0 Å². The Bertz CT molecular complexity index is 294. The standard InChI is InChI=1S/C14H22O4/c15-13(16)11-7-3-1-5-9(11)10-6-2-4-8-12(10)14(17)18/h9-12H,1-8H2,(H,15,16)(H,17,18)/t9-,10-,11?,12?/m1/s1. The van der Waals surface area contributed by atoms with E-state index < -0.39 is 11.9 Å². The molecule has 0 bridgehead atoms. The Morgan fingerprint density at radius 3 is 1.33 bits per heavy atom. The molecule has 2 aliphatic carbocycles. The van der Waals surface area contributed by atoms with E-state index in [-0.39, 0.29) is 23.7 Å². The highest BCUT2D eigenvalue weighted by Crippen LogP contribution is 2.44. The Hall–Kier alpha value is -1.06. The lowest BCUT2D eigenvalue weighted by atomic mass is 9.64. The van der Waals surface area contributed by atoms with E-state index in [0.717, 1.165) is 51.4 Å². The van der Waals surface area contributed by atoms with Crippen molar-refractivity contribution in [2.75, 3.05) is 0 Å². The van der Waals surface area contributed by atoms with Crippen LogP contribution in [0.5, 0.6) is 0 Å². The topological polar surface area (TPSA) is 74.6 Å². The Kier molecular flexibility index (Phi) is 4.25. The molecule has 18 heavy (non-hydrogen) atoms. The van der Waals surface area contributed by atoms with Gasteiger partial charge in [0.15, 0.2) is 0 Å². The van der Waals surface area contributed by atoms with Crippen LogP contribution in [0.15, 0.2) is 0 Å². The molecule has 4 heteroatoms. The van der Waals surface area contributed by atoms with Crippen molar-refractivity contribution >= 4 is 11.9 Å². The molecule has 0 aromatic heterocycles. The van der Waals surface area contributed by atoms with E-state index in [1.165, 1.54) is 0 Å². The fourth-order valence-corrected chi connectivity index (χ4v) is 3.96. The molecule has 2 aliphatic rings. The molecule has 0 saturated heterocycles. The van der Waals surface area contributed by atoms with Gasteiger partial charge in [-0.25, -0.2) is 0 Å². The Balaban J connectivity index is 2.15. The molecule has 0 aliphatic heterocycles. The molecule has 2 rings (SSSR count). The van der Waals surface area contributed by atoms with Gasteiger partial charge in [0.2, 0.25) is 0 Å². The molecular weight excluding hydrogens is 232 g/mol. The zero-order chi connectivity index (χ0) is 13.1. The van der Waals surface area contributed by atoms with Gasteiger partial charge in [-0.15, -0.1) is 0 Å². The molecule has 0 aromatic carbocycles. The van der Waals surface area contributed by atoms with E-state index >= 15 is 0 Å². The minimum absolute atomic E-state index is 0.0812. The van der Waals surface area contributed by atoms with Crippen LogP contribution in [0.2, 0.25) is 0 Å². The van der Waals surface area contributed by atoms with Gasteiger partial charge in [0.25, 0.3) is 0 Å². The van der Waals surface area contributed by atoms with Crippen LogP contribution in [0.25, 0.3) is 0 Å². The number of aliphatic carboxylic acids is 2. The SMILES string of the molecule is O=C(O)C1CCCC[C@@H]1[C@H]1CCCCC1C(=O)O. The van der Waals surface area contributed by atoms with Crippen LogP contribution in [0.1, 0.15) is 51.4 Å². The summed E-state index contributed by atoms with van der Waals surface area (Å²) in [5.41, 5.74) is 0. The lowest BCUT2D eigenvalue weighted by Gasteiger charge is -2.40. The maximum absolute atomic E-state index is 11.3. The number of carbonyl (C=O) groups is 2. The first-order valence-electron chi connectivity index (χ1n) is 7.07. The third-order valence-corrected chi connectivity index (χ3v) is 4.82. The van der Waals surface area contributed by atoms with E-state index in [4.69, 9.17) is 0 Å². The number of hydrogen-bond acceptors (Lipinski definition) is 2. The first kappa shape index (κ1) is 13.4. The minimum Gasteiger partial charge on any atom is -0.481 e. The summed E-state index contributed by atoms with van der Waals surface area (Å²) in [5.74, 6) is -1.92. The smallest absolute Gasteiger partial charge is 0.306 e.